The van der Waals surface area contributed by atoms with Crippen LogP contribution in [0.25, 0.3) is 0 Å². The van der Waals surface area contributed by atoms with E-state index in [9.17, 15) is 19.7 Å². The number of aliphatic carboxylic acids is 1. The number of rotatable bonds is 8. The summed E-state index contributed by atoms with van der Waals surface area (Å²) in [6.07, 6.45) is -0.0528. The van der Waals surface area contributed by atoms with Gasteiger partial charge >= 0.3 is 5.97 Å². The Kier molecular flexibility index (Phi) is 7.02. The molecular weight excluding hydrogens is 320 g/mol. The molecule has 7 nitrogen and oxygen atoms in total. The van der Waals surface area contributed by atoms with Crippen LogP contribution in [-0.4, -0.2) is 33.7 Å². The first-order valence-electron chi connectivity index (χ1n) is 7.15. The molecule has 1 aromatic rings. The van der Waals surface area contributed by atoms with E-state index in [1.807, 2.05) is 13.8 Å². The van der Waals surface area contributed by atoms with Crippen LogP contribution in [-0.2, 0) is 4.79 Å². The lowest BCUT2D eigenvalue weighted by molar-refractivity contribution is -0.384. The molecular formula is C15H20N2O5S. The molecule has 0 radical (unpaired) electrons. The van der Waals surface area contributed by atoms with Crippen molar-refractivity contribution in [1.82, 2.24) is 5.32 Å². The quantitative estimate of drug-likeness (QED) is 0.428. The Morgan fingerprint density at radius 2 is 2.00 bits per heavy atom. The summed E-state index contributed by atoms with van der Waals surface area (Å²) in [5.74, 6) is -1.59. The van der Waals surface area contributed by atoms with Crippen LogP contribution < -0.4 is 5.32 Å². The van der Waals surface area contributed by atoms with Gasteiger partial charge in [-0.25, -0.2) is 0 Å². The second-order valence-corrected chi connectivity index (χ2v) is 7.14. The van der Waals surface area contributed by atoms with Crippen molar-refractivity contribution in [2.45, 2.75) is 37.3 Å². The number of benzene rings is 1. The topological polar surface area (TPSA) is 110 Å². The minimum atomic E-state index is -0.932. The van der Waals surface area contributed by atoms with E-state index in [1.54, 1.807) is 13.0 Å². The molecule has 0 spiro atoms. The lowest BCUT2D eigenvalue weighted by Gasteiger charge is -2.13. The van der Waals surface area contributed by atoms with Gasteiger partial charge in [-0.05, 0) is 12.0 Å². The molecule has 1 rings (SSSR count). The number of non-ortho nitro benzene ring substituents is 1. The molecule has 23 heavy (non-hydrogen) atoms. The van der Waals surface area contributed by atoms with E-state index >= 15 is 0 Å². The van der Waals surface area contributed by atoms with Crippen molar-refractivity contribution in [1.29, 1.82) is 0 Å². The van der Waals surface area contributed by atoms with Crippen molar-refractivity contribution in [3.05, 3.63) is 33.9 Å². The van der Waals surface area contributed by atoms with Crippen LogP contribution in [0.1, 0.15) is 37.6 Å². The predicted octanol–water partition coefficient (Wildman–Crippen LogP) is 2.94. The van der Waals surface area contributed by atoms with Gasteiger partial charge in [0.05, 0.1) is 10.5 Å². The predicted molar refractivity (Wildman–Crippen MR) is 87.8 cm³/mol. The molecule has 0 bridgehead atoms. The molecule has 8 heteroatoms. The van der Waals surface area contributed by atoms with Crippen molar-refractivity contribution >= 4 is 29.3 Å². The number of carboxylic acid groups (broad SMARTS) is 1. The van der Waals surface area contributed by atoms with Crippen LogP contribution in [0.5, 0.6) is 0 Å². The van der Waals surface area contributed by atoms with E-state index in [-0.39, 0.29) is 35.4 Å². The molecule has 126 valence electrons. The maximum absolute atomic E-state index is 12.3. The third kappa shape index (κ3) is 6.27. The number of carbonyl (C=O) groups is 2. The third-order valence-corrected chi connectivity index (χ3v) is 4.00. The zero-order valence-corrected chi connectivity index (χ0v) is 14.1. The van der Waals surface area contributed by atoms with Crippen LogP contribution >= 0.6 is 11.8 Å². The van der Waals surface area contributed by atoms with Gasteiger partial charge in [0.15, 0.2) is 0 Å². The molecule has 1 aromatic carbocycles. The number of hydrogen-bond donors (Lipinski definition) is 2. The maximum Gasteiger partial charge on any atom is 0.303 e. The van der Waals surface area contributed by atoms with Crippen molar-refractivity contribution < 1.29 is 19.6 Å². The van der Waals surface area contributed by atoms with Crippen LogP contribution in [0.4, 0.5) is 5.69 Å². The summed E-state index contributed by atoms with van der Waals surface area (Å²) < 4.78 is 0. The van der Waals surface area contributed by atoms with E-state index in [2.05, 4.69) is 5.32 Å². The van der Waals surface area contributed by atoms with Gasteiger partial charge in [0.25, 0.3) is 11.6 Å². The molecule has 2 N–H and O–H groups in total. The number of hydrogen-bond acceptors (Lipinski definition) is 5. The largest absolute Gasteiger partial charge is 0.481 e. The monoisotopic (exact) mass is 340 g/mol. The average molecular weight is 340 g/mol. The second kappa shape index (κ2) is 8.52. The molecule has 0 saturated carbocycles. The standard InChI is InChI=1S/C15H20N2O5S/c1-9(2)23-13-5-4-11(17(21)22)7-12(13)15(20)16-8-10(3)6-14(18)19/h4-5,7,9-10H,6,8H2,1-3H3,(H,16,20)(H,18,19). The lowest BCUT2D eigenvalue weighted by Crippen LogP contribution is -2.29. The summed E-state index contributed by atoms with van der Waals surface area (Å²) in [6, 6.07) is 4.19. The Morgan fingerprint density at radius 1 is 1.35 bits per heavy atom. The molecule has 0 fully saturated rings. The van der Waals surface area contributed by atoms with Crippen molar-refractivity contribution in [3.8, 4) is 0 Å². The summed E-state index contributed by atoms with van der Waals surface area (Å²) in [4.78, 5) is 34.0. The minimum Gasteiger partial charge on any atom is -0.481 e. The number of thioether (sulfide) groups is 1. The Labute approximate surface area is 138 Å². The highest BCUT2D eigenvalue weighted by Crippen LogP contribution is 2.29. The molecule has 0 aliphatic rings. The van der Waals surface area contributed by atoms with Crippen molar-refractivity contribution in [3.63, 3.8) is 0 Å². The smallest absolute Gasteiger partial charge is 0.303 e. The molecule has 0 saturated heterocycles. The first-order valence-corrected chi connectivity index (χ1v) is 8.03. The number of nitrogens with one attached hydrogen (secondary N) is 1. The van der Waals surface area contributed by atoms with E-state index in [0.717, 1.165) is 0 Å². The Hall–Kier alpha value is -2.09. The fraction of sp³-hybridized carbons (Fsp3) is 0.467. The van der Waals surface area contributed by atoms with E-state index in [4.69, 9.17) is 5.11 Å². The second-order valence-electron chi connectivity index (χ2n) is 5.52. The van der Waals surface area contributed by atoms with Crippen LogP contribution in [0.15, 0.2) is 23.1 Å². The highest BCUT2D eigenvalue weighted by Gasteiger charge is 2.18. The number of amides is 1. The number of nitro benzene ring substituents is 1. The lowest BCUT2D eigenvalue weighted by atomic mass is 10.1. The number of carbonyl (C=O) groups excluding carboxylic acids is 1. The normalized spacial score (nSPS) is 12.0. The minimum absolute atomic E-state index is 0.0528. The summed E-state index contributed by atoms with van der Waals surface area (Å²) in [6.45, 7) is 5.83. The SMILES string of the molecule is CC(CNC(=O)c1cc([N+](=O)[O-])ccc1SC(C)C)CC(=O)O. The first kappa shape index (κ1) is 19.0. The van der Waals surface area contributed by atoms with E-state index in [1.165, 1.54) is 23.9 Å². The van der Waals surface area contributed by atoms with Gasteiger partial charge in [-0.3, -0.25) is 19.7 Å². The number of nitrogens with zero attached hydrogens (tertiary/aromatic N) is 1. The fourth-order valence-electron chi connectivity index (χ4n) is 1.90. The van der Waals surface area contributed by atoms with Gasteiger partial charge in [-0.15, -0.1) is 11.8 Å². The first-order chi connectivity index (χ1) is 10.7. The Balaban J connectivity index is 2.93. The highest BCUT2D eigenvalue weighted by atomic mass is 32.2. The molecule has 0 aromatic heterocycles. The molecule has 0 aliphatic heterocycles. The van der Waals surface area contributed by atoms with E-state index in [0.29, 0.717) is 4.90 Å². The summed E-state index contributed by atoms with van der Waals surface area (Å²) in [5, 5.41) is 22.5. The molecule has 0 aliphatic carbocycles. The highest BCUT2D eigenvalue weighted by molar-refractivity contribution is 8.00. The van der Waals surface area contributed by atoms with E-state index < -0.39 is 16.8 Å². The molecule has 0 heterocycles. The fourth-order valence-corrected chi connectivity index (χ4v) is 2.83. The van der Waals surface area contributed by atoms with Crippen molar-refractivity contribution in [2.75, 3.05) is 6.54 Å². The van der Waals surface area contributed by atoms with Gasteiger partial charge in [0.2, 0.25) is 0 Å². The van der Waals surface area contributed by atoms with Gasteiger partial charge in [-0.1, -0.05) is 20.8 Å². The third-order valence-electron chi connectivity index (χ3n) is 2.92. The summed E-state index contributed by atoms with van der Waals surface area (Å²) in [5.41, 5.74) is 0.0854. The van der Waals surface area contributed by atoms with Gasteiger partial charge in [0.1, 0.15) is 0 Å². The van der Waals surface area contributed by atoms with Crippen LogP contribution in [0.3, 0.4) is 0 Å². The maximum atomic E-state index is 12.3. The summed E-state index contributed by atoms with van der Waals surface area (Å²) in [7, 11) is 0. The molecule has 1 unspecified atom stereocenters. The van der Waals surface area contributed by atoms with Crippen LogP contribution in [0, 0.1) is 16.0 Å². The van der Waals surface area contributed by atoms with Gasteiger partial charge in [-0.2, -0.15) is 0 Å². The molecule has 1 amide bonds. The Morgan fingerprint density at radius 3 is 2.52 bits per heavy atom. The zero-order valence-electron chi connectivity index (χ0n) is 13.2. The average Bonchev–Trinajstić information content (AvgIpc) is 2.43. The van der Waals surface area contributed by atoms with Gasteiger partial charge < -0.3 is 10.4 Å². The van der Waals surface area contributed by atoms with Gasteiger partial charge in [0, 0.05) is 35.2 Å². The summed E-state index contributed by atoms with van der Waals surface area (Å²) >= 11 is 1.44. The number of nitro groups is 1. The molecule has 1 atom stereocenters. The van der Waals surface area contributed by atoms with Crippen LogP contribution in [0.2, 0.25) is 0 Å². The Bertz CT molecular complexity index is 604. The number of carboxylic acids is 1. The van der Waals surface area contributed by atoms with Crippen molar-refractivity contribution in [2.24, 2.45) is 5.92 Å². The zero-order chi connectivity index (χ0) is 17.6.